The molecule has 0 spiro atoms. The van der Waals surface area contributed by atoms with Crippen molar-refractivity contribution in [1.82, 2.24) is 15.1 Å². The Hall–Kier alpha value is -1.61. The molecular weight excluding hydrogens is 222 g/mol. The summed E-state index contributed by atoms with van der Waals surface area (Å²) in [5.74, 6) is 0. The van der Waals surface area contributed by atoms with Gasteiger partial charge >= 0.3 is 0 Å². The summed E-state index contributed by atoms with van der Waals surface area (Å²) >= 11 is 0. The minimum atomic E-state index is 0.496. The van der Waals surface area contributed by atoms with E-state index < -0.39 is 0 Å². The largest absolute Gasteiger partial charge is 0.306 e. The fourth-order valence-electron chi connectivity index (χ4n) is 2.77. The number of benzene rings is 1. The van der Waals surface area contributed by atoms with Crippen molar-refractivity contribution in [2.24, 2.45) is 7.05 Å². The molecule has 18 heavy (non-hydrogen) atoms. The molecule has 3 heteroatoms. The van der Waals surface area contributed by atoms with Crippen LogP contribution in [0.5, 0.6) is 0 Å². The highest BCUT2D eigenvalue weighted by atomic mass is 15.2. The van der Waals surface area contributed by atoms with Gasteiger partial charge in [-0.25, -0.2) is 0 Å². The normalized spacial score (nSPS) is 18.6. The van der Waals surface area contributed by atoms with E-state index in [-0.39, 0.29) is 0 Å². The fourth-order valence-corrected chi connectivity index (χ4v) is 2.77. The maximum absolute atomic E-state index is 4.20. The average molecular weight is 241 g/mol. The summed E-state index contributed by atoms with van der Waals surface area (Å²) in [4.78, 5) is 0. The molecule has 0 bridgehead atoms. The monoisotopic (exact) mass is 241 g/mol. The molecule has 0 saturated heterocycles. The van der Waals surface area contributed by atoms with Crippen molar-refractivity contribution in [2.75, 3.05) is 0 Å². The summed E-state index contributed by atoms with van der Waals surface area (Å²) < 4.78 is 1.85. The zero-order chi connectivity index (χ0) is 12.4. The third kappa shape index (κ3) is 2.31. The molecule has 0 amide bonds. The number of hydrogen-bond donors (Lipinski definition) is 1. The van der Waals surface area contributed by atoms with Gasteiger partial charge in [0.1, 0.15) is 0 Å². The first-order chi connectivity index (χ1) is 8.83. The molecule has 0 fully saturated rings. The van der Waals surface area contributed by atoms with Crippen molar-refractivity contribution < 1.29 is 0 Å². The van der Waals surface area contributed by atoms with Gasteiger partial charge < -0.3 is 5.32 Å². The van der Waals surface area contributed by atoms with Crippen molar-refractivity contribution in [1.29, 1.82) is 0 Å². The smallest absolute Gasteiger partial charge is 0.0534 e. The molecule has 1 aliphatic carbocycles. The highest BCUT2D eigenvalue weighted by molar-refractivity contribution is 5.32. The Bertz CT molecular complexity index is 530. The Kier molecular flexibility index (Phi) is 3.15. The van der Waals surface area contributed by atoms with Crippen molar-refractivity contribution >= 4 is 0 Å². The second-order valence-corrected chi connectivity index (χ2v) is 5.05. The van der Waals surface area contributed by atoms with Gasteiger partial charge in [-0.3, -0.25) is 4.68 Å². The quantitative estimate of drug-likeness (QED) is 0.895. The molecular formula is C15H19N3. The van der Waals surface area contributed by atoms with Crippen LogP contribution in [0.25, 0.3) is 0 Å². The predicted molar refractivity (Wildman–Crippen MR) is 72.2 cm³/mol. The number of fused-ring (bicyclic) bond motifs is 1. The standard InChI is InChI=1S/C15H19N3/c1-18-11-12(10-17-18)9-16-15-8-4-6-13-5-2-3-7-14(13)15/h2-3,5,7,10-11,15-16H,4,6,8-9H2,1H3. The number of aryl methyl sites for hydroxylation is 2. The van der Waals surface area contributed by atoms with Gasteiger partial charge in [-0.1, -0.05) is 24.3 Å². The van der Waals surface area contributed by atoms with E-state index in [1.807, 2.05) is 17.9 Å². The van der Waals surface area contributed by atoms with Gasteiger partial charge in [0.2, 0.25) is 0 Å². The van der Waals surface area contributed by atoms with Crippen LogP contribution in [0.15, 0.2) is 36.7 Å². The van der Waals surface area contributed by atoms with Gasteiger partial charge in [0.05, 0.1) is 6.20 Å². The molecule has 0 radical (unpaired) electrons. The van der Waals surface area contributed by atoms with Gasteiger partial charge in [-0.15, -0.1) is 0 Å². The third-order valence-corrected chi connectivity index (χ3v) is 3.68. The summed E-state index contributed by atoms with van der Waals surface area (Å²) in [6, 6.07) is 9.30. The second kappa shape index (κ2) is 4.94. The average Bonchev–Trinajstić information content (AvgIpc) is 2.82. The van der Waals surface area contributed by atoms with Crippen LogP contribution < -0.4 is 5.32 Å². The predicted octanol–water partition coefficient (Wildman–Crippen LogP) is 2.59. The minimum absolute atomic E-state index is 0.496. The van der Waals surface area contributed by atoms with E-state index in [4.69, 9.17) is 0 Å². The zero-order valence-corrected chi connectivity index (χ0v) is 10.8. The zero-order valence-electron chi connectivity index (χ0n) is 10.8. The lowest BCUT2D eigenvalue weighted by Crippen LogP contribution is -2.24. The lowest BCUT2D eigenvalue weighted by atomic mass is 9.88. The van der Waals surface area contributed by atoms with E-state index in [9.17, 15) is 0 Å². The van der Waals surface area contributed by atoms with Gasteiger partial charge in [0, 0.05) is 31.4 Å². The Labute approximate surface area is 108 Å². The third-order valence-electron chi connectivity index (χ3n) is 3.68. The van der Waals surface area contributed by atoms with Crippen LogP contribution in [0.2, 0.25) is 0 Å². The van der Waals surface area contributed by atoms with E-state index in [0.717, 1.165) is 6.54 Å². The summed E-state index contributed by atoms with van der Waals surface area (Å²) in [6.07, 6.45) is 7.74. The molecule has 1 atom stereocenters. The van der Waals surface area contributed by atoms with Gasteiger partial charge in [-0.2, -0.15) is 5.10 Å². The maximum Gasteiger partial charge on any atom is 0.0534 e. The topological polar surface area (TPSA) is 29.9 Å². The van der Waals surface area contributed by atoms with Crippen LogP contribution in [0, 0.1) is 0 Å². The number of hydrogen-bond acceptors (Lipinski definition) is 2. The molecule has 94 valence electrons. The van der Waals surface area contributed by atoms with E-state index in [1.54, 1.807) is 0 Å². The van der Waals surface area contributed by atoms with Crippen molar-refractivity contribution in [2.45, 2.75) is 31.8 Å². The van der Waals surface area contributed by atoms with E-state index in [1.165, 1.54) is 36.0 Å². The van der Waals surface area contributed by atoms with E-state index in [0.29, 0.717) is 6.04 Å². The number of nitrogens with one attached hydrogen (secondary N) is 1. The molecule has 3 nitrogen and oxygen atoms in total. The first-order valence-corrected chi connectivity index (χ1v) is 6.61. The maximum atomic E-state index is 4.20. The highest BCUT2D eigenvalue weighted by Crippen LogP contribution is 2.29. The molecule has 1 aromatic heterocycles. The molecule has 2 aromatic rings. The van der Waals surface area contributed by atoms with Crippen molar-refractivity contribution in [3.8, 4) is 0 Å². The molecule has 1 aliphatic rings. The fraction of sp³-hybridized carbons (Fsp3) is 0.400. The Morgan fingerprint density at radius 3 is 3.11 bits per heavy atom. The van der Waals surface area contributed by atoms with Crippen LogP contribution in [0.1, 0.15) is 35.6 Å². The van der Waals surface area contributed by atoms with Crippen LogP contribution in [-0.4, -0.2) is 9.78 Å². The Balaban J connectivity index is 1.71. The Morgan fingerprint density at radius 1 is 1.39 bits per heavy atom. The first-order valence-electron chi connectivity index (χ1n) is 6.61. The van der Waals surface area contributed by atoms with Crippen molar-refractivity contribution in [3.63, 3.8) is 0 Å². The molecule has 1 N–H and O–H groups in total. The molecule has 1 aromatic carbocycles. The molecule has 1 unspecified atom stereocenters. The highest BCUT2D eigenvalue weighted by Gasteiger charge is 2.18. The van der Waals surface area contributed by atoms with E-state index >= 15 is 0 Å². The summed E-state index contributed by atoms with van der Waals surface area (Å²) in [6.45, 7) is 0.896. The van der Waals surface area contributed by atoms with Crippen LogP contribution in [0.3, 0.4) is 0 Å². The minimum Gasteiger partial charge on any atom is -0.306 e. The Morgan fingerprint density at radius 2 is 2.28 bits per heavy atom. The van der Waals surface area contributed by atoms with Gasteiger partial charge in [0.15, 0.2) is 0 Å². The van der Waals surface area contributed by atoms with Crippen LogP contribution in [0.4, 0.5) is 0 Å². The molecule has 3 rings (SSSR count). The summed E-state index contributed by atoms with van der Waals surface area (Å²) in [7, 11) is 1.96. The van der Waals surface area contributed by atoms with Gasteiger partial charge in [0.25, 0.3) is 0 Å². The summed E-state index contributed by atoms with van der Waals surface area (Å²) in [5.41, 5.74) is 4.24. The van der Waals surface area contributed by atoms with Crippen LogP contribution >= 0.6 is 0 Å². The number of aromatic nitrogens is 2. The lowest BCUT2D eigenvalue weighted by molar-refractivity contribution is 0.459. The SMILES string of the molecule is Cn1cc(CNC2CCCc3ccccc32)cn1. The lowest BCUT2D eigenvalue weighted by Gasteiger charge is -2.26. The molecule has 1 heterocycles. The van der Waals surface area contributed by atoms with Crippen LogP contribution in [-0.2, 0) is 20.0 Å². The number of rotatable bonds is 3. The van der Waals surface area contributed by atoms with Gasteiger partial charge in [-0.05, 0) is 30.4 Å². The first kappa shape index (κ1) is 11.5. The van der Waals surface area contributed by atoms with E-state index in [2.05, 4.69) is 40.9 Å². The number of nitrogens with zero attached hydrogens (tertiary/aromatic N) is 2. The molecule has 0 aliphatic heterocycles. The van der Waals surface area contributed by atoms with Crippen molar-refractivity contribution in [3.05, 3.63) is 53.3 Å². The molecule has 0 saturated carbocycles. The second-order valence-electron chi connectivity index (χ2n) is 5.05. The summed E-state index contributed by atoms with van der Waals surface area (Å²) in [5, 5.41) is 7.86.